The van der Waals surface area contributed by atoms with Gasteiger partial charge >= 0.3 is 23.9 Å². The molecule has 0 aromatic carbocycles. The number of carboxylic acids is 4. The molecule has 16 heteroatoms. The maximum absolute atomic E-state index is 12.1. The second-order valence-corrected chi connectivity index (χ2v) is 12.8. The minimum atomic E-state index is -5.05. The van der Waals surface area contributed by atoms with E-state index in [9.17, 15) is 50.8 Å². The van der Waals surface area contributed by atoms with Gasteiger partial charge in [0.05, 0.1) is 11.8 Å². The van der Waals surface area contributed by atoms with Crippen molar-refractivity contribution < 1.29 is 65.5 Å². The van der Waals surface area contributed by atoms with Gasteiger partial charge in [-0.3, -0.25) is 28.3 Å². The molecule has 0 aliphatic rings. The number of aliphatic carboxylic acids is 4. The molecule has 14 nitrogen and oxygen atoms in total. The SMILES string of the molecule is CCCCCCCCC(CCCCCCCC)(C(=O)O)C(C(=O)O)S(=O)(=O)O.O=C(O)CC(C(=O)O)S(=O)(=O)O. The Morgan fingerprint density at radius 1 is 0.600 bits per heavy atom. The normalized spacial score (nSPS) is 13.5. The molecule has 0 aliphatic heterocycles. The van der Waals surface area contributed by atoms with E-state index < -0.39 is 66.4 Å². The molecule has 0 fully saturated rings. The monoisotopic (exact) mass is 620 g/mol. The van der Waals surface area contributed by atoms with Gasteiger partial charge < -0.3 is 20.4 Å². The van der Waals surface area contributed by atoms with Gasteiger partial charge in [0.2, 0.25) is 0 Å². The Morgan fingerprint density at radius 2 is 0.975 bits per heavy atom. The van der Waals surface area contributed by atoms with E-state index >= 15 is 0 Å². The maximum Gasteiger partial charge on any atom is 0.325 e. The van der Waals surface area contributed by atoms with E-state index in [4.69, 9.17) is 14.8 Å². The molecule has 40 heavy (non-hydrogen) atoms. The van der Waals surface area contributed by atoms with Gasteiger partial charge in [0.25, 0.3) is 20.2 Å². The number of carbonyl (C=O) groups is 4. The van der Waals surface area contributed by atoms with Crippen LogP contribution in [-0.2, 0) is 39.4 Å². The van der Waals surface area contributed by atoms with Gasteiger partial charge in [-0.15, -0.1) is 0 Å². The van der Waals surface area contributed by atoms with Crippen molar-refractivity contribution in [2.45, 2.75) is 121 Å². The third kappa shape index (κ3) is 16.1. The molecule has 0 rings (SSSR count). The first-order chi connectivity index (χ1) is 18.4. The molecular weight excluding hydrogens is 576 g/mol. The van der Waals surface area contributed by atoms with E-state index in [0.717, 1.165) is 51.4 Å². The lowest BCUT2D eigenvalue weighted by molar-refractivity contribution is -0.156. The number of carboxylic acid groups (broad SMARTS) is 4. The molecule has 0 aromatic heterocycles. The smallest absolute Gasteiger partial charge is 0.325 e. The van der Waals surface area contributed by atoms with E-state index in [-0.39, 0.29) is 12.8 Å². The molecule has 236 valence electrons. The number of unbranched alkanes of at least 4 members (excludes halogenated alkanes) is 10. The fourth-order valence-electron chi connectivity index (χ4n) is 4.28. The first-order valence-electron chi connectivity index (χ1n) is 13.2. The van der Waals surface area contributed by atoms with Crippen molar-refractivity contribution >= 4 is 44.1 Å². The van der Waals surface area contributed by atoms with E-state index in [1.165, 1.54) is 0 Å². The van der Waals surface area contributed by atoms with Crippen LogP contribution in [0.5, 0.6) is 0 Å². The van der Waals surface area contributed by atoms with Crippen molar-refractivity contribution in [3.8, 4) is 0 Å². The Hall–Kier alpha value is -2.30. The predicted molar refractivity (Wildman–Crippen MR) is 144 cm³/mol. The van der Waals surface area contributed by atoms with Crippen molar-refractivity contribution in [3.63, 3.8) is 0 Å². The van der Waals surface area contributed by atoms with Gasteiger partial charge in [0.1, 0.15) is 0 Å². The van der Waals surface area contributed by atoms with Crippen molar-refractivity contribution in [2.24, 2.45) is 5.41 Å². The summed E-state index contributed by atoms with van der Waals surface area (Å²) in [4.78, 5) is 43.8. The Labute approximate surface area is 235 Å². The molecule has 0 aliphatic carbocycles. The lowest BCUT2D eigenvalue weighted by Crippen LogP contribution is -2.51. The molecule has 6 N–H and O–H groups in total. The molecule has 2 atom stereocenters. The summed E-state index contributed by atoms with van der Waals surface area (Å²) in [5.41, 5.74) is -2.01. The van der Waals surface area contributed by atoms with Gasteiger partial charge in [-0.25, -0.2) is 0 Å². The molecular formula is C24H44O14S2. The van der Waals surface area contributed by atoms with Crippen molar-refractivity contribution in [3.05, 3.63) is 0 Å². The lowest BCUT2D eigenvalue weighted by Gasteiger charge is -2.33. The number of hydrogen-bond donors (Lipinski definition) is 6. The standard InChI is InChI=1S/C20H38O7S.C4H6O7S/c1-3-5-7-9-11-13-15-20(19(23)24,16-14-12-10-8-6-4-2)17(18(21)22)28(25,26)27;5-3(6)1-2(4(7)8)12(9,10)11/h17H,3-16H2,1-2H3,(H,21,22)(H,23,24)(H,25,26,27);2H,1H2,(H,5,6)(H,7,8)(H,9,10,11). The molecule has 0 saturated carbocycles. The zero-order valence-electron chi connectivity index (χ0n) is 23.0. The first kappa shape index (κ1) is 39.8. The summed E-state index contributed by atoms with van der Waals surface area (Å²) < 4.78 is 61.7. The second kappa shape index (κ2) is 19.7. The molecule has 0 amide bonds. The highest BCUT2D eigenvalue weighted by Gasteiger charge is 2.55. The van der Waals surface area contributed by atoms with Gasteiger partial charge in [0.15, 0.2) is 10.5 Å². The van der Waals surface area contributed by atoms with Crippen LogP contribution in [0.15, 0.2) is 0 Å². The summed E-state index contributed by atoms with van der Waals surface area (Å²) in [7, 11) is -9.89. The quantitative estimate of drug-likeness (QED) is 0.0745. The third-order valence-corrected chi connectivity index (χ3v) is 8.73. The van der Waals surface area contributed by atoms with E-state index in [2.05, 4.69) is 13.8 Å². The molecule has 0 heterocycles. The minimum Gasteiger partial charge on any atom is -0.481 e. The van der Waals surface area contributed by atoms with E-state index in [1.54, 1.807) is 0 Å². The van der Waals surface area contributed by atoms with Gasteiger partial charge in [-0.05, 0) is 12.8 Å². The zero-order valence-corrected chi connectivity index (χ0v) is 24.7. The molecule has 0 spiro atoms. The zero-order chi connectivity index (χ0) is 31.6. The third-order valence-electron chi connectivity index (χ3n) is 6.40. The van der Waals surface area contributed by atoms with Crippen LogP contribution >= 0.6 is 0 Å². The number of hydrogen-bond acceptors (Lipinski definition) is 8. The molecule has 0 radical (unpaired) electrons. The summed E-state index contributed by atoms with van der Waals surface area (Å²) in [6, 6.07) is 0. The van der Waals surface area contributed by atoms with Gasteiger partial charge in [-0.1, -0.05) is 90.9 Å². The fourth-order valence-corrected chi connectivity index (χ4v) is 6.05. The van der Waals surface area contributed by atoms with Gasteiger partial charge in [-0.2, -0.15) is 16.8 Å². The Kier molecular flexibility index (Phi) is 19.6. The Bertz CT molecular complexity index is 989. The van der Waals surface area contributed by atoms with Crippen LogP contribution in [0.1, 0.15) is 110 Å². The Balaban J connectivity index is 0. The van der Waals surface area contributed by atoms with Crippen LogP contribution in [-0.4, -0.2) is 80.7 Å². The Morgan fingerprint density at radius 3 is 1.20 bits per heavy atom. The average molecular weight is 621 g/mol. The summed E-state index contributed by atoms with van der Waals surface area (Å²) in [5, 5.41) is 30.9. The molecule has 0 aromatic rings. The first-order valence-corrected chi connectivity index (χ1v) is 16.2. The van der Waals surface area contributed by atoms with Crippen LogP contribution in [0.4, 0.5) is 0 Å². The second-order valence-electron chi connectivity index (χ2n) is 9.67. The predicted octanol–water partition coefficient (Wildman–Crippen LogP) is 3.70. The topological polar surface area (TPSA) is 258 Å². The summed E-state index contributed by atoms with van der Waals surface area (Å²) in [5.74, 6) is -6.76. The van der Waals surface area contributed by atoms with E-state index in [0.29, 0.717) is 25.7 Å². The maximum atomic E-state index is 12.1. The summed E-state index contributed by atoms with van der Waals surface area (Å²) in [6.45, 7) is 4.17. The summed E-state index contributed by atoms with van der Waals surface area (Å²) in [6.07, 6.45) is 9.06. The van der Waals surface area contributed by atoms with Crippen LogP contribution in [0.25, 0.3) is 0 Å². The van der Waals surface area contributed by atoms with Crippen LogP contribution < -0.4 is 0 Å². The highest BCUT2D eigenvalue weighted by atomic mass is 32.2. The summed E-state index contributed by atoms with van der Waals surface area (Å²) >= 11 is 0. The lowest BCUT2D eigenvalue weighted by atomic mass is 9.74. The highest BCUT2D eigenvalue weighted by Crippen LogP contribution is 2.39. The van der Waals surface area contributed by atoms with Crippen molar-refractivity contribution in [1.82, 2.24) is 0 Å². The highest BCUT2D eigenvalue weighted by molar-refractivity contribution is 7.87. The molecule has 2 unspecified atom stereocenters. The van der Waals surface area contributed by atoms with Crippen LogP contribution in [0, 0.1) is 5.41 Å². The van der Waals surface area contributed by atoms with Crippen LogP contribution in [0.3, 0.4) is 0 Å². The fraction of sp³-hybridized carbons (Fsp3) is 0.833. The van der Waals surface area contributed by atoms with Crippen molar-refractivity contribution in [2.75, 3.05) is 0 Å². The van der Waals surface area contributed by atoms with Gasteiger partial charge in [0, 0.05) is 0 Å². The van der Waals surface area contributed by atoms with Crippen LogP contribution in [0.2, 0.25) is 0 Å². The number of rotatable bonds is 22. The molecule has 0 bridgehead atoms. The van der Waals surface area contributed by atoms with Crippen molar-refractivity contribution in [1.29, 1.82) is 0 Å². The molecule has 0 saturated heterocycles. The minimum absolute atomic E-state index is 0.0693. The average Bonchev–Trinajstić information content (AvgIpc) is 2.79. The van der Waals surface area contributed by atoms with E-state index in [1.807, 2.05) is 0 Å². The largest absolute Gasteiger partial charge is 0.481 e.